The van der Waals surface area contributed by atoms with Crippen LogP contribution in [0.25, 0.3) is 6.08 Å². The van der Waals surface area contributed by atoms with Gasteiger partial charge in [-0.25, -0.2) is 0 Å². The summed E-state index contributed by atoms with van der Waals surface area (Å²) in [6.45, 7) is 1.95. The highest BCUT2D eigenvalue weighted by molar-refractivity contribution is 9.11. The lowest BCUT2D eigenvalue weighted by Gasteiger charge is -1.95. The van der Waals surface area contributed by atoms with E-state index in [4.69, 9.17) is 23.8 Å². The molecule has 0 spiro atoms. The quantitative estimate of drug-likeness (QED) is 0.595. The molecule has 0 atom stereocenters. The summed E-state index contributed by atoms with van der Waals surface area (Å²) in [5.74, 6) is 0. The third kappa shape index (κ3) is 2.73. The summed E-state index contributed by atoms with van der Waals surface area (Å²) in [6.07, 6.45) is 1.94. The Hall–Kier alpha value is -0.120. The van der Waals surface area contributed by atoms with Gasteiger partial charge in [0.2, 0.25) is 0 Å². The molecule has 4 heteroatoms. The highest BCUT2D eigenvalue weighted by Crippen LogP contribution is 2.13. The molecule has 0 amide bonds. The Kier molecular flexibility index (Phi) is 3.50. The zero-order valence-electron chi connectivity index (χ0n) is 6.40. The van der Waals surface area contributed by atoms with Crippen molar-refractivity contribution in [3.05, 3.63) is 32.0 Å². The summed E-state index contributed by atoms with van der Waals surface area (Å²) in [7, 11) is 0. The van der Waals surface area contributed by atoms with Crippen molar-refractivity contribution in [3.63, 3.8) is 0 Å². The van der Waals surface area contributed by atoms with Crippen molar-refractivity contribution in [1.82, 2.24) is 4.98 Å². The van der Waals surface area contributed by atoms with Crippen molar-refractivity contribution in [2.45, 2.75) is 6.92 Å². The van der Waals surface area contributed by atoms with Crippen molar-refractivity contribution >= 4 is 45.8 Å². The molecule has 0 radical (unpaired) electrons. The van der Waals surface area contributed by atoms with Gasteiger partial charge in [0.05, 0.1) is 0 Å². The van der Waals surface area contributed by atoms with Crippen LogP contribution in [0.4, 0.5) is 0 Å². The number of aromatic amines is 1. The van der Waals surface area contributed by atoms with Crippen LogP contribution in [0.1, 0.15) is 12.5 Å². The lowest BCUT2D eigenvalue weighted by molar-refractivity contribution is 1.28. The molecule has 64 valence electrons. The third-order valence-corrected chi connectivity index (χ3v) is 2.05. The molecule has 0 bridgehead atoms. The van der Waals surface area contributed by atoms with Gasteiger partial charge in [0.15, 0.2) is 0 Å². The van der Waals surface area contributed by atoms with Crippen LogP contribution in [0.5, 0.6) is 0 Å². The molecule has 0 aromatic carbocycles. The Bertz CT molecular complexity index is 366. The summed E-state index contributed by atoms with van der Waals surface area (Å²) < 4.78 is 1.69. The van der Waals surface area contributed by atoms with Gasteiger partial charge in [-0.15, -0.1) is 0 Å². The van der Waals surface area contributed by atoms with Crippen LogP contribution >= 0.6 is 39.7 Å². The van der Waals surface area contributed by atoms with Crippen LogP contribution in [-0.2, 0) is 0 Å². The summed E-state index contributed by atoms with van der Waals surface area (Å²) in [5.41, 5.74) is 0.962. The lowest BCUT2D eigenvalue weighted by atomic mass is 10.3. The van der Waals surface area contributed by atoms with E-state index in [1.165, 1.54) is 0 Å². The van der Waals surface area contributed by atoms with E-state index < -0.39 is 0 Å². The topological polar surface area (TPSA) is 15.8 Å². The van der Waals surface area contributed by atoms with Crippen molar-refractivity contribution in [2.24, 2.45) is 0 Å². The second-order valence-corrected chi connectivity index (χ2v) is 4.39. The number of hydrogen-bond acceptors (Lipinski definition) is 1. The molecule has 0 unspecified atom stereocenters. The highest BCUT2D eigenvalue weighted by Gasteiger charge is 1.92. The summed E-state index contributed by atoms with van der Waals surface area (Å²) >= 11 is 14.1. The van der Waals surface area contributed by atoms with Gasteiger partial charge in [-0.05, 0) is 29.6 Å². The molecule has 1 nitrogen and oxygen atoms in total. The first-order chi connectivity index (χ1) is 5.59. The number of rotatable bonds is 1. The predicted molar refractivity (Wildman–Crippen MR) is 59.2 cm³/mol. The van der Waals surface area contributed by atoms with Crippen molar-refractivity contribution in [2.75, 3.05) is 0 Å². The van der Waals surface area contributed by atoms with Crippen molar-refractivity contribution in [3.8, 4) is 0 Å². The highest BCUT2D eigenvalue weighted by atomic mass is 79.9. The number of halogens is 2. The van der Waals surface area contributed by atoms with E-state index in [0.29, 0.717) is 9.79 Å². The lowest BCUT2D eigenvalue weighted by Crippen LogP contribution is -1.80. The van der Waals surface area contributed by atoms with Gasteiger partial charge in [0.25, 0.3) is 0 Å². The number of nitrogens with one attached hydrogen (secondary N) is 1. The van der Waals surface area contributed by atoms with E-state index in [1.54, 1.807) is 6.07 Å². The molecular weight excluding hydrogens is 258 g/mol. The zero-order chi connectivity index (χ0) is 9.14. The van der Waals surface area contributed by atoms with Crippen LogP contribution in [0, 0.1) is 4.64 Å². The molecular formula is C8H7BrClNS. The van der Waals surface area contributed by atoms with E-state index in [0.717, 1.165) is 10.0 Å². The smallest absolute Gasteiger partial charge is 0.111 e. The Morgan fingerprint density at radius 1 is 1.67 bits per heavy atom. The first kappa shape index (κ1) is 9.96. The van der Waals surface area contributed by atoms with Crippen LogP contribution in [0.3, 0.4) is 0 Å². The first-order valence-corrected chi connectivity index (χ1v) is 4.90. The Labute approximate surface area is 89.6 Å². The fourth-order valence-corrected chi connectivity index (χ4v) is 1.49. The van der Waals surface area contributed by atoms with Crippen LogP contribution in [0.15, 0.2) is 16.6 Å². The largest absolute Gasteiger partial charge is 0.337 e. The molecule has 1 aromatic rings. The molecule has 12 heavy (non-hydrogen) atoms. The van der Waals surface area contributed by atoms with Crippen LogP contribution in [0.2, 0.25) is 5.15 Å². The molecule has 0 aliphatic rings. The second-order valence-electron chi connectivity index (χ2n) is 2.32. The maximum Gasteiger partial charge on any atom is 0.111 e. The number of H-pyrrole nitrogens is 1. The fourth-order valence-electron chi connectivity index (χ4n) is 0.789. The van der Waals surface area contributed by atoms with E-state index >= 15 is 0 Å². The van der Waals surface area contributed by atoms with Gasteiger partial charge < -0.3 is 4.98 Å². The van der Waals surface area contributed by atoms with E-state index in [-0.39, 0.29) is 0 Å². The Morgan fingerprint density at radius 3 is 2.83 bits per heavy atom. The van der Waals surface area contributed by atoms with Gasteiger partial charge in [-0.2, -0.15) is 0 Å². The van der Waals surface area contributed by atoms with E-state index in [1.807, 2.05) is 19.1 Å². The molecule has 1 rings (SSSR count). The summed E-state index contributed by atoms with van der Waals surface area (Å²) in [5, 5.41) is 0.560. The van der Waals surface area contributed by atoms with Crippen molar-refractivity contribution in [1.29, 1.82) is 0 Å². The van der Waals surface area contributed by atoms with Gasteiger partial charge >= 0.3 is 0 Å². The number of aromatic nitrogens is 1. The average molecular weight is 265 g/mol. The SMILES string of the molecule is C/C(Br)=C\c1ccc(Cl)[nH]c1=S. The van der Waals surface area contributed by atoms with Gasteiger partial charge in [-0.3, -0.25) is 0 Å². The molecule has 1 N–H and O–H groups in total. The molecule has 0 aliphatic heterocycles. The molecule has 0 saturated carbocycles. The monoisotopic (exact) mass is 263 g/mol. The zero-order valence-corrected chi connectivity index (χ0v) is 9.55. The van der Waals surface area contributed by atoms with Gasteiger partial charge in [-0.1, -0.05) is 39.7 Å². The second kappa shape index (κ2) is 4.21. The fraction of sp³-hybridized carbons (Fsp3) is 0.125. The Balaban J connectivity index is 3.20. The molecule has 1 aromatic heterocycles. The minimum atomic E-state index is 0.560. The first-order valence-electron chi connectivity index (χ1n) is 3.32. The average Bonchev–Trinajstić information content (AvgIpc) is 1.94. The normalized spacial score (nSPS) is 11.8. The molecule has 0 fully saturated rings. The minimum Gasteiger partial charge on any atom is -0.337 e. The summed E-state index contributed by atoms with van der Waals surface area (Å²) in [4.78, 5) is 2.86. The maximum absolute atomic E-state index is 5.70. The number of allylic oxidation sites excluding steroid dienone is 1. The number of pyridine rings is 1. The van der Waals surface area contributed by atoms with Gasteiger partial charge in [0, 0.05) is 5.56 Å². The van der Waals surface area contributed by atoms with Gasteiger partial charge in [0.1, 0.15) is 9.79 Å². The third-order valence-electron chi connectivity index (χ3n) is 1.26. The minimum absolute atomic E-state index is 0.560. The predicted octanol–water partition coefficient (Wildman–Crippen LogP) is 4.15. The standard InChI is InChI=1S/C8H7BrClNS/c1-5(9)4-6-2-3-7(10)11-8(6)12/h2-4H,1H3,(H,11,12)/b5-4+. The molecule has 1 heterocycles. The summed E-state index contributed by atoms with van der Waals surface area (Å²) in [6, 6.07) is 3.66. The molecule has 0 saturated heterocycles. The molecule has 0 aliphatic carbocycles. The number of hydrogen-bond donors (Lipinski definition) is 1. The van der Waals surface area contributed by atoms with E-state index in [9.17, 15) is 0 Å². The maximum atomic E-state index is 5.70. The van der Waals surface area contributed by atoms with Crippen LogP contribution < -0.4 is 0 Å². The van der Waals surface area contributed by atoms with E-state index in [2.05, 4.69) is 20.9 Å². The van der Waals surface area contributed by atoms with Crippen LogP contribution in [-0.4, -0.2) is 4.98 Å². The van der Waals surface area contributed by atoms with Crippen molar-refractivity contribution < 1.29 is 0 Å². The Morgan fingerprint density at radius 2 is 2.33 bits per heavy atom.